The number of carboxylic acid groups (broad SMARTS) is 1. The van der Waals surface area contributed by atoms with Gasteiger partial charge in [0.05, 0.1) is 17.8 Å². The van der Waals surface area contributed by atoms with E-state index in [2.05, 4.69) is 26.2 Å². The Labute approximate surface area is 122 Å². The van der Waals surface area contributed by atoms with E-state index in [-0.39, 0.29) is 11.4 Å². The number of hydrogen-bond donors (Lipinski definition) is 2. The van der Waals surface area contributed by atoms with E-state index in [9.17, 15) is 9.18 Å². The highest BCUT2D eigenvalue weighted by Crippen LogP contribution is 2.29. The Morgan fingerprint density at radius 3 is 2.85 bits per heavy atom. The highest BCUT2D eigenvalue weighted by Gasteiger charge is 2.13. The van der Waals surface area contributed by atoms with Crippen LogP contribution in [-0.4, -0.2) is 23.2 Å². The van der Waals surface area contributed by atoms with E-state index in [0.717, 1.165) is 16.7 Å². The van der Waals surface area contributed by atoms with Crippen molar-refractivity contribution in [3.8, 4) is 5.75 Å². The Bertz CT molecular complexity index is 664. The predicted molar refractivity (Wildman–Crippen MR) is 75.1 cm³/mol. The van der Waals surface area contributed by atoms with Crippen molar-refractivity contribution >= 4 is 33.4 Å². The molecule has 0 saturated heterocycles. The molecule has 2 aromatic rings. The molecule has 0 atom stereocenters. The summed E-state index contributed by atoms with van der Waals surface area (Å²) in [5, 5.41) is 11.9. The summed E-state index contributed by atoms with van der Waals surface area (Å²) in [7, 11) is 1.52. The first-order chi connectivity index (χ1) is 9.51. The number of ether oxygens (including phenoxy) is 1. The topological polar surface area (TPSA) is 71.5 Å². The van der Waals surface area contributed by atoms with Crippen LogP contribution in [0.4, 0.5) is 15.9 Å². The number of nitrogens with zero attached hydrogens (tertiary/aromatic N) is 1. The fourth-order valence-corrected chi connectivity index (χ4v) is 1.98. The summed E-state index contributed by atoms with van der Waals surface area (Å²) in [5.41, 5.74) is 0.332. The fraction of sp³-hybridized carbons (Fsp3) is 0.0769. The maximum atomic E-state index is 13.0. The van der Waals surface area contributed by atoms with Crippen molar-refractivity contribution in [3.05, 3.63) is 46.3 Å². The molecule has 0 saturated carbocycles. The summed E-state index contributed by atoms with van der Waals surface area (Å²) < 4.78 is 18.9. The molecule has 1 aromatic carbocycles. The third-order valence-electron chi connectivity index (χ3n) is 2.50. The summed E-state index contributed by atoms with van der Waals surface area (Å²) in [6.07, 6.45) is 0.949. The molecule has 0 spiro atoms. The molecule has 104 valence electrons. The first kappa shape index (κ1) is 14.3. The molecule has 0 radical (unpaired) electrons. The van der Waals surface area contributed by atoms with Crippen LogP contribution >= 0.6 is 15.9 Å². The van der Waals surface area contributed by atoms with Crippen LogP contribution in [0.2, 0.25) is 0 Å². The third kappa shape index (κ3) is 3.05. The molecule has 0 unspecified atom stereocenters. The molecule has 7 heteroatoms. The van der Waals surface area contributed by atoms with Crippen LogP contribution in [0, 0.1) is 5.82 Å². The first-order valence-corrected chi connectivity index (χ1v) is 6.30. The van der Waals surface area contributed by atoms with Crippen molar-refractivity contribution in [1.82, 2.24) is 4.98 Å². The molecule has 2 N–H and O–H groups in total. The fourth-order valence-electron chi connectivity index (χ4n) is 1.58. The second kappa shape index (κ2) is 5.87. The zero-order chi connectivity index (χ0) is 14.7. The average Bonchev–Trinajstić information content (AvgIpc) is 2.42. The van der Waals surface area contributed by atoms with Crippen LogP contribution < -0.4 is 10.1 Å². The van der Waals surface area contributed by atoms with E-state index in [1.807, 2.05) is 0 Å². The molecule has 0 aliphatic carbocycles. The Balaban J connectivity index is 2.37. The minimum atomic E-state index is -1.26. The summed E-state index contributed by atoms with van der Waals surface area (Å²) >= 11 is 3.31. The minimum Gasteiger partial charge on any atom is -0.495 e. The smallest absolute Gasteiger partial charge is 0.339 e. The number of anilines is 2. The van der Waals surface area contributed by atoms with Crippen LogP contribution in [-0.2, 0) is 0 Å². The zero-order valence-corrected chi connectivity index (χ0v) is 11.9. The van der Waals surface area contributed by atoms with Crippen molar-refractivity contribution in [2.45, 2.75) is 0 Å². The number of halogens is 2. The Hall–Kier alpha value is -2.15. The number of pyridine rings is 1. The third-order valence-corrected chi connectivity index (χ3v) is 3.15. The number of aromatic carboxylic acids is 1. The normalized spacial score (nSPS) is 10.2. The lowest BCUT2D eigenvalue weighted by molar-refractivity contribution is 0.0697. The molecule has 1 heterocycles. The second-order valence-corrected chi connectivity index (χ2v) is 4.68. The molecule has 0 aliphatic rings. The number of hydrogen-bond acceptors (Lipinski definition) is 4. The van der Waals surface area contributed by atoms with Gasteiger partial charge in [0.2, 0.25) is 0 Å². The van der Waals surface area contributed by atoms with E-state index in [4.69, 9.17) is 9.84 Å². The summed E-state index contributed by atoms with van der Waals surface area (Å²) in [6.45, 7) is 0. The van der Waals surface area contributed by atoms with E-state index >= 15 is 0 Å². The quantitative estimate of drug-likeness (QED) is 0.892. The molecule has 2 rings (SSSR count). The molecule has 5 nitrogen and oxygen atoms in total. The number of aromatic nitrogens is 1. The van der Waals surface area contributed by atoms with Gasteiger partial charge in [-0.3, -0.25) is 0 Å². The van der Waals surface area contributed by atoms with Crippen LogP contribution in [0.1, 0.15) is 10.4 Å². The van der Waals surface area contributed by atoms with Gasteiger partial charge in [0.15, 0.2) is 0 Å². The number of carboxylic acids is 1. The highest BCUT2D eigenvalue weighted by atomic mass is 79.9. The lowest BCUT2D eigenvalue weighted by Crippen LogP contribution is -2.05. The van der Waals surface area contributed by atoms with Gasteiger partial charge in [-0.25, -0.2) is 14.2 Å². The van der Waals surface area contributed by atoms with E-state index in [1.165, 1.54) is 7.11 Å². The summed E-state index contributed by atoms with van der Waals surface area (Å²) in [6, 6.07) is 6.03. The van der Waals surface area contributed by atoms with Gasteiger partial charge in [0.1, 0.15) is 22.9 Å². The largest absolute Gasteiger partial charge is 0.495 e. The van der Waals surface area contributed by atoms with Gasteiger partial charge in [-0.1, -0.05) is 0 Å². The lowest BCUT2D eigenvalue weighted by atomic mass is 10.2. The lowest BCUT2D eigenvalue weighted by Gasteiger charge is -2.10. The predicted octanol–water partition coefficient (Wildman–Crippen LogP) is 3.43. The Morgan fingerprint density at radius 1 is 1.45 bits per heavy atom. The molecular formula is C13H10BrFN2O3. The van der Waals surface area contributed by atoms with Crippen molar-refractivity contribution in [2.24, 2.45) is 0 Å². The second-order valence-electron chi connectivity index (χ2n) is 3.83. The van der Waals surface area contributed by atoms with Gasteiger partial charge in [0, 0.05) is 11.8 Å². The molecule has 0 bridgehead atoms. The molecule has 20 heavy (non-hydrogen) atoms. The van der Waals surface area contributed by atoms with Gasteiger partial charge in [0.25, 0.3) is 0 Å². The van der Waals surface area contributed by atoms with Crippen molar-refractivity contribution in [2.75, 3.05) is 12.4 Å². The van der Waals surface area contributed by atoms with Crippen LogP contribution in [0.25, 0.3) is 0 Å². The maximum Gasteiger partial charge on any atom is 0.339 e. The summed E-state index contributed by atoms with van der Waals surface area (Å²) in [5.74, 6) is -1.33. The Morgan fingerprint density at radius 2 is 2.20 bits per heavy atom. The average molecular weight is 341 g/mol. The number of methoxy groups -OCH3 is 1. The highest BCUT2D eigenvalue weighted by molar-refractivity contribution is 9.10. The monoisotopic (exact) mass is 340 g/mol. The van der Waals surface area contributed by atoms with Crippen LogP contribution in [0.3, 0.4) is 0 Å². The number of benzene rings is 1. The minimum absolute atomic E-state index is 0.0586. The van der Waals surface area contributed by atoms with E-state index < -0.39 is 11.8 Å². The van der Waals surface area contributed by atoms with Gasteiger partial charge < -0.3 is 15.2 Å². The molecule has 0 fully saturated rings. The van der Waals surface area contributed by atoms with Crippen molar-refractivity contribution in [1.29, 1.82) is 0 Å². The molecule has 0 aliphatic heterocycles. The number of carbonyl (C=O) groups is 1. The van der Waals surface area contributed by atoms with Gasteiger partial charge in [-0.2, -0.15) is 0 Å². The Kier molecular flexibility index (Phi) is 4.19. The first-order valence-electron chi connectivity index (χ1n) is 5.50. The molecule has 0 amide bonds. The molecule has 1 aromatic heterocycles. The van der Waals surface area contributed by atoms with Gasteiger partial charge >= 0.3 is 5.97 Å². The van der Waals surface area contributed by atoms with Crippen LogP contribution in [0.15, 0.2) is 34.9 Å². The van der Waals surface area contributed by atoms with Gasteiger partial charge in [-0.05, 0) is 34.1 Å². The molecular weight excluding hydrogens is 331 g/mol. The zero-order valence-electron chi connectivity index (χ0n) is 10.4. The van der Waals surface area contributed by atoms with Gasteiger partial charge in [-0.15, -0.1) is 0 Å². The van der Waals surface area contributed by atoms with Crippen molar-refractivity contribution < 1.29 is 19.0 Å². The number of rotatable bonds is 4. The van der Waals surface area contributed by atoms with E-state index in [0.29, 0.717) is 11.4 Å². The van der Waals surface area contributed by atoms with E-state index in [1.54, 1.807) is 18.2 Å². The number of nitrogens with one attached hydrogen (secondary N) is 1. The standard InChI is InChI=1S/C13H10BrFN2O3/c1-20-11-5-8(2-3-10(11)14)17-12-9(13(18)19)4-7(15)6-16-12/h2-6H,1H3,(H,16,17)(H,18,19). The maximum absolute atomic E-state index is 13.0. The van der Waals surface area contributed by atoms with Crippen molar-refractivity contribution in [3.63, 3.8) is 0 Å². The van der Waals surface area contributed by atoms with Crippen LogP contribution in [0.5, 0.6) is 5.75 Å². The summed E-state index contributed by atoms with van der Waals surface area (Å²) in [4.78, 5) is 14.8. The SMILES string of the molecule is COc1cc(Nc2ncc(F)cc2C(=O)O)ccc1Br.